The number of anilines is 1. The third-order valence-corrected chi connectivity index (χ3v) is 5.04. The molecule has 2 aromatic rings. The maximum absolute atomic E-state index is 6.17. The molecule has 0 saturated heterocycles. The van der Waals surface area contributed by atoms with E-state index in [1.54, 1.807) is 0 Å². The Morgan fingerprint density at radius 1 is 0.952 bits per heavy atom. The Labute approximate surface area is 134 Å². The number of fused-ring (bicyclic) bond motifs is 3. The lowest BCUT2D eigenvalue weighted by Gasteiger charge is -2.37. The fourth-order valence-electron chi connectivity index (χ4n) is 3.57. The molecule has 0 saturated carbocycles. The number of hydrogen-bond donors (Lipinski definition) is 1. The number of halogens is 2. The molecule has 3 heteroatoms. The minimum absolute atomic E-state index is 0.316. The molecule has 0 bridgehead atoms. The van der Waals surface area contributed by atoms with E-state index in [-0.39, 0.29) is 0 Å². The monoisotopic (exact) mass is 315 g/mol. The molecule has 0 radical (unpaired) electrons. The molecule has 1 nitrogen and oxygen atoms in total. The van der Waals surface area contributed by atoms with E-state index < -0.39 is 0 Å². The lowest BCUT2D eigenvalue weighted by atomic mass is 9.77. The van der Waals surface area contributed by atoms with Crippen molar-refractivity contribution in [3.05, 3.63) is 75.8 Å². The summed E-state index contributed by atoms with van der Waals surface area (Å²) in [4.78, 5) is 0. The third kappa shape index (κ3) is 2.25. The first-order valence-corrected chi connectivity index (χ1v) is 7.96. The number of allylic oxidation sites excluding steroid dienone is 2. The summed E-state index contributed by atoms with van der Waals surface area (Å²) in [6, 6.07) is 14.6. The Balaban J connectivity index is 1.78. The van der Waals surface area contributed by atoms with Gasteiger partial charge in [-0.2, -0.15) is 0 Å². The van der Waals surface area contributed by atoms with Crippen molar-refractivity contribution in [2.75, 3.05) is 5.32 Å². The number of rotatable bonds is 1. The fourth-order valence-corrected chi connectivity index (χ4v) is 3.87. The number of nitrogens with one attached hydrogen (secondary N) is 1. The molecule has 0 unspecified atom stereocenters. The standard InChI is InChI=1S/C18H15Cl2N/c19-12-6-4-11(5-7-12)18-15-3-1-2-14(15)16-10-13(20)8-9-17(16)21-18/h1-2,4-10,14-15,18,21H,3H2/t14-,15+,18-/m1/s1. The smallest absolute Gasteiger partial charge is 0.0553 e. The average Bonchev–Trinajstić information content (AvgIpc) is 2.97. The molecule has 0 fully saturated rings. The minimum Gasteiger partial charge on any atom is -0.378 e. The van der Waals surface area contributed by atoms with E-state index in [2.05, 4.69) is 41.7 Å². The molecular formula is C18H15Cl2N. The molecule has 4 rings (SSSR count). The fraction of sp³-hybridized carbons (Fsp3) is 0.222. The van der Waals surface area contributed by atoms with E-state index in [9.17, 15) is 0 Å². The quantitative estimate of drug-likeness (QED) is 0.654. The Morgan fingerprint density at radius 2 is 1.71 bits per heavy atom. The topological polar surface area (TPSA) is 12.0 Å². The van der Waals surface area contributed by atoms with Crippen LogP contribution in [0.5, 0.6) is 0 Å². The van der Waals surface area contributed by atoms with E-state index in [1.165, 1.54) is 16.8 Å². The Bertz CT molecular complexity index is 706. The first kappa shape index (κ1) is 13.2. The van der Waals surface area contributed by atoms with Gasteiger partial charge in [0.15, 0.2) is 0 Å². The van der Waals surface area contributed by atoms with Crippen LogP contribution in [0.2, 0.25) is 10.0 Å². The Morgan fingerprint density at radius 3 is 2.52 bits per heavy atom. The van der Waals surface area contributed by atoms with Gasteiger partial charge >= 0.3 is 0 Å². The number of hydrogen-bond acceptors (Lipinski definition) is 1. The van der Waals surface area contributed by atoms with Crippen molar-refractivity contribution in [1.82, 2.24) is 0 Å². The van der Waals surface area contributed by atoms with Crippen molar-refractivity contribution in [1.29, 1.82) is 0 Å². The normalized spacial score (nSPS) is 26.1. The highest BCUT2D eigenvalue weighted by atomic mass is 35.5. The van der Waals surface area contributed by atoms with Gasteiger partial charge in [0.2, 0.25) is 0 Å². The predicted octanol–water partition coefficient (Wildman–Crippen LogP) is 5.82. The summed E-state index contributed by atoms with van der Waals surface area (Å²) in [5, 5.41) is 5.28. The van der Waals surface area contributed by atoms with Gasteiger partial charge in [0.1, 0.15) is 0 Å². The van der Waals surface area contributed by atoms with Crippen molar-refractivity contribution in [3.63, 3.8) is 0 Å². The maximum atomic E-state index is 6.17. The molecule has 1 aliphatic heterocycles. The van der Waals surface area contributed by atoms with Crippen LogP contribution in [-0.2, 0) is 0 Å². The molecule has 3 atom stereocenters. The van der Waals surface area contributed by atoms with Crippen molar-refractivity contribution in [2.24, 2.45) is 5.92 Å². The summed E-state index contributed by atoms with van der Waals surface area (Å²) in [5.41, 5.74) is 3.79. The zero-order valence-corrected chi connectivity index (χ0v) is 12.9. The number of benzene rings is 2. The van der Waals surface area contributed by atoms with Gasteiger partial charge in [0.25, 0.3) is 0 Å². The molecule has 2 aromatic carbocycles. The van der Waals surface area contributed by atoms with Gasteiger partial charge in [-0.05, 0) is 53.8 Å². The van der Waals surface area contributed by atoms with Gasteiger partial charge in [0, 0.05) is 21.7 Å². The molecular weight excluding hydrogens is 301 g/mol. The van der Waals surface area contributed by atoms with Crippen LogP contribution in [0.15, 0.2) is 54.6 Å². The van der Waals surface area contributed by atoms with Crippen LogP contribution in [0.3, 0.4) is 0 Å². The SMILES string of the molecule is Clc1ccc([C@H]2Nc3ccc(Cl)cc3[C@@H]3C=CC[C@H]23)cc1. The van der Waals surface area contributed by atoms with E-state index in [4.69, 9.17) is 23.2 Å². The van der Waals surface area contributed by atoms with Crippen LogP contribution in [0, 0.1) is 5.92 Å². The van der Waals surface area contributed by atoms with Gasteiger partial charge in [-0.25, -0.2) is 0 Å². The average molecular weight is 316 g/mol. The largest absolute Gasteiger partial charge is 0.378 e. The van der Waals surface area contributed by atoms with Gasteiger partial charge in [-0.1, -0.05) is 47.5 Å². The molecule has 1 aliphatic carbocycles. The highest BCUT2D eigenvalue weighted by molar-refractivity contribution is 6.31. The molecule has 21 heavy (non-hydrogen) atoms. The first-order valence-electron chi connectivity index (χ1n) is 7.20. The molecule has 0 aromatic heterocycles. The van der Waals surface area contributed by atoms with Crippen LogP contribution in [0.25, 0.3) is 0 Å². The van der Waals surface area contributed by atoms with E-state index >= 15 is 0 Å². The van der Waals surface area contributed by atoms with Gasteiger partial charge in [-0.15, -0.1) is 0 Å². The first-order chi connectivity index (χ1) is 10.2. The molecule has 0 amide bonds. The Kier molecular flexibility index (Phi) is 3.20. The lowest BCUT2D eigenvalue weighted by Crippen LogP contribution is -2.28. The summed E-state index contributed by atoms with van der Waals surface area (Å²) in [5.74, 6) is 0.984. The van der Waals surface area contributed by atoms with E-state index in [0.717, 1.165) is 16.5 Å². The maximum Gasteiger partial charge on any atom is 0.0553 e. The molecule has 0 spiro atoms. The van der Waals surface area contributed by atoms with Crippen molar-refractivity contribution < 1.29 is 0 Å². The van der Waals surface area contributed by atoms with Crippen LogP contribution in [0.1, 0.15) is 29.5 Å². The van der Waals surface area contributed by atoms with Crippen molar-refractivity contribution in [3.8, 4) is 0 Å². The predicted molar refractivity (Wildman–Crippen MR) is 89.3 cm³/mol. The molecule has 1 heterocycles. The lowest BCUT2D eigenvalue weighted by molar-refractivity contribution is 0.425. The minimum atomic E-state index is 0.316. The Hall–Kier alpha value is -1.44. The summed E-state index contributed by atoms with van der Waals surface area (Å²) in [7, 11) is 0. The molecule has 2 aliphatic rings. The van der Waals surface area contributed by atoms with Crippen LogP contribution in [0.4, 0.5) is 5.69 Å². The highest BCUT2D eigenvalue weighted by Crippen LogP contribution is 2.50. The van der Waals surface area contributed by atoms with Crippen LogP contribution >= 0.6 is 23.2 Å². The second kappa shape index (κ2) is 5.08. The van der Waals surface area contributed by atoms with Gasteiger partial charge in [-0.3, -0.25) is 0 Å². The second-order valence-corrected chi connectivity index (χ2v) is 6.63. The molecule has 106 valence electrons. The summed E-state index contributed by atoms with van der Waals surface area (Å²) >= 11 is 12.2. The summed E-state index contributed by atoms with van der Waals surface area (Å²) in [6.07, 6.45) is 5.70. The van der Waals surface area contributed by atoms with Crippen molar-refractivity contribution >= 4 is 28.9 Å². The van der Waals surface area contributed by atoms with Crippen LogP contribution < -0.4 is 5.32 Å². The van der Waals surface area contributed by atoms with E-state index in [1.807, 2.05) is 18.2 Å². The third-order valence-electron chi connectivity index (χ3n) is 4.55. The molecule has 1 N–H and O–H groups in total. The van der Waals surface area contributed by atoms with E-state index in [0.29, 0.717) is 17.9 Å². The van der Waals surface area contributed by atoms with Gasteiger partial charge < -0.3 is 5.32 Å². The van der Waals surface area contributed by atoms with Gasteiger partial charge in [0.05, 0.1) is 6.04 Å². The summed E-state index contributed by atoms with van der Waals surface area (Å²) in [6.45, 7) is 0. The van der Waals surface area contributed by atoms with Crippen LogP contribution in [-0.4, -0.2) is 0 Å². The second-order valence-electron chi connectivity index (χ2n) is 5.76. The zero-order chi connectivity index (χ0) is 14.4. The summed E-state index contributed by atoms with van der Waals surface area (Å²) < 4.78 is 0. The van der Waals surface area contributed by atoms with Crippen molar-refractivity contribution in [2.45, 2.75) is 18.4 Å². The zero-order valence-electron chi connectivity index (χ0n) is 11.4. The highest BCUT2D eigenvalue weighted by Gasteiger charge is 2.37.